The van der Waals surface area contributed by atoms with Crippen LogP contribution < -0.4 is 0 Å². The number of esters is 1. The summed E-state index contributed by atoms with van der Waals surface area (Å²) in [5.41, 5.74) is 7.71. The highest BCUT2D eigenvalue weighted by atomic mass is 32.2. The molecule has 1 aromatic heterocycles. The van der Waals surface area contributed by atoms with Gasteiger partial charge >= 0.3 is 5.97 Å². The molecule has 0 radical (unpaired) electrons. The lowest BCUT2D eigenvalue weighted by molar-refractivity contribution is -0.145. The summed E-state index contributed by atoms with van der Waals surface area (Å²) in [6, 6.07) is 27.2. The summed E-state index contributed by atoms with van der Waals surface area (Å²) in [5.74, 6) is 2.40. The molecule has 36 heavy (non-hydrogen) atoms. The third-order valence-corrected chi connectivity index (χ3v) is 7.37. The Morgan fingerprint density at radius 2 is 1.56 bits per heavy atom. The van der Waals surface area contributed by atoms with Crippen LogP contribution >= 0.6 is 11.8 Å². The predicted molar refractivity (Wildman–Crippen MR) is 148 cm³/mol. The maximum atomic E-state index is 12.2. The Kier molecular flexibility index (Phi) is 9.01. The van der Waals surface area contributed by atoms with Crippen molar-refractivity contribution in [2.75, 3.05) is 12.4 Å². The van der Waals surface area contributed by atoms with Gasteiger partial charge in [-0.2, -0.15) is 11.8 Å². The topological polar surface area (TPSA) is 52.3 Å². The number of nitrogens with zero attached hydrogens (tertiary/aromatic N) is 1. The van der Waals surface area contributed by atoms with Crippen molar-refractivity contribution in [2.45, 2.75) is 45.3 Å². The number of carbonyl (C=O) groups is 1. The van der Waals surface area contributed by atoms with E-state index in [-0.39, 0.29) is 11.9 Å². The minimum absolute atomic E-state index is 0.159. The van der Waals surface area contributed by atoms with Crippen molar-refractivity contribution in [3.8, 4) is 22.5 Å². The van der Waals surface area contributed by atoms with Crippen LogP contribution in [-0.2, 0) is 21.7 Å². The number of carbonyl (C=O) groups excluding carboxylic acids is 1. The lowest BCUT2D eigenvalue weighted by Gasteiger charge is -2.14. The van der Waals surface area contributed by atoms with Crippen molar-refractivity contribution >= 4 is 17.7 Å². The minimum atomic E-state index is -0.222. The first-order valence-corrected chi connectivity index (χ1v) is 13.7. The largest absolute Gasteiger partial charge is 0.466 e. The van der Waals surface area contributed by atoms with E-state index >= 15 is 0 Å². The molecule has 0 aliphatic heterocycles. The summed E-state index contributed by atoms with van der Waals surface area (Å²) in [6.45, 7) is 6.26. The number of aryl methyl sites for hydroxylation is 2. The number of rotatable bonds is 11. The Morgan fingerprint density at radius 1 is 0.917 bits per heavy atom. The van der Waals surface area contributed by atoms with Gasteiger partial charge in [-0.3, -0.25) is 4.79 Å². The number of thioether (sulfide) groups is 1. The number of aromatic nitrogens is 1. The van der Waals surface area contributed by atoms with Gasteiger partial charge in [-0.05, 0) is 54.7 Å². The van der Waals surface area contributed by atoms with E-state index in [1.807, 2.05) is 44.7 Å². The van der Waals surface area contributed by atoms with Crippen LogP contribution in [0.5, 0.6) is 0 Å². The highest BCUT2D eigenvalue weighted by Crippen LogP contribution is 2.32. The van der Waals surface area contributed by atoms with E-state index in [4.69, 9.17) is 9.26 Å². The molecule has 186 valence electrons. The zero-order valence-electron chi connectivity index (χ0n) is 21.2. The minimum Gasteiger partial charge on any atom is -0.466 e. The molecule has 1 unspecified atom stereocenters. The van der Waals surface area contributed by atoms with Gasteiger partial charge < -0.3 is 9.26 Å². The Balaban J connectivity index is 1.42. The summed E-state index contributed by atoms with van der Waals surface area (Å²) >= 11 is 1.91. The predicted octanol–water partition coefficient (Wildman–Crippen LogP) is 7.85. The zero-order chi connectivity index (χ0) is 25.3. The van der Waals surface area contributed by atoms with E-state index in [0.717, 1.165) is 63.6 Å². The molecular formula is C31H33NO3S. The van der Waals surface area contributed by atoms with Gasteiger partial charge in [-0.1, -0.05) is 90.9 Å². The SMILES string of the molecule is CCOC(=O)C(CC)c1ccc(-c2ccc(-c3onc(C)c3CSCCc3ccccc3)cc2)cc1. The van der Waals surface area contributed by atoms with E-state index in [1.54, 1.807) is 0 Å². The van der Waals surface area contributed by atoms with Crippen LogP contribution in [0.1, 0.15) is 48.6 Å². The fourth-order valence-electron chi connectivity index (χ4n) is 4.30. The summed E-state index contributed by atoms with van der Waals surface area (Å²) < 4.78 is 11.0. The molecule has 0 saturated carbocycles. The standard InChI is InChI=1S/C31H33NO3S/c1-4-28(31(33)34-5-2)26-15-11-24(12-16-26)25-13-17-27(18-14-25)30-29(22(3)32-35-30)21-36-20-19-23-9-7-6-8-10-23/h6-18,28H,4-5,19-21H2,1-3H3. The van der Waals surface area contributed by atoms with Crippen LogP contribution in [0.2, 0.25) is 0 Å². The van der Waals surface area contributed by atoms with Crippen LogP contribution in [0, 0.1) is 6.92 Å². The molecule has 1 heterocycles. The van der Waals surface area contributed by atoms with Crippen LogP contribution in [0.15, 0.2) is 83.4 Å². The molecule has 0 saturated heterocycles. The van der Waals surface area contributed by atoms with Crippen molar-refractivity contribution < 1.29 is 14.1 Å². The van der Waals surface area contributed by atoms with E-state index in [0.29, 0.717) is 6.61 Å². The summed E-state index contributed by atoms with van der Waals surface area (Å²) in [7, 11) is 0. The summed E-state index contributed by atoms with van der Waals surface area (Å²) in [6.07, 6.45) is 1.77. The molecule has 0 bridgehead atoms. The fraction of sp³-hybridized carbons (Fsp3) is 0.290. The van der Waals surface area contributed by atoms with Crippen molar-refractivity contribution in [3.05, 3.63) is 101 Å². The molecule has 0 spiro atoms. The lowest BCUT2D eigenvalue weighted by atomic mass is 9.94. The smallest absolute Gasteiger partial charge is 0.313 e. The second-order valence-corrected chi connectivity index (χ2v) is 9.88. The highest BCUT2D eigenvalue weighted by Gasteiger charge is 2.20. The Hall–Kier alpha value is -3.31. The van der Waals surface area contributed by atoms with E-state index in [9.17, 15) is 4.79 Å². The second kappa shape index (κ2) is 12.6. The monoisotopic (exact) mass is 499 g/mol. The van der Waals surface area contributed by atoms with Crippen LogP contribution in [0.3, 0.4) is 0 Å². The van der Waals surface area contributed by atoms with Crippen molar-refractivity contribution in [2.24, 2.45) is 0 Å². The van der Waals surface area contributed by atoms with Crippen LogP contribution in [0.4, 0.5) is 0 Å². The molecule has 5 heteroatoms. The van der Waals surface area contributed by atoms with E-state index in [1.165, 1.54) is 5.56 Å². The van der Waals surface area contributed by atoms with Crippen molar-refractivity contribution in [1.29, 1.82) is 0 Å². The van der Waals surface area contributed by atoms with Gasteiger partial charge in [0.1, 0.15) is 0 Å². The zero-order valence-corrected chi connectivity index (χ0v) is 22.0. The maximum Gasteiger partial charge on any atom is 0.313 e. The Morgan fingerprint density at radius 3 is 2.19 bits per heavy atom. The molecule has 0 aliphatic carbocycles. The van der Waals surface area contributed by atoms with Gasteiger partial charge in [0.25, 0.3) is 0 Å². The molecular weight excluding hydrogens is 466 g/mol. The Bertz CT molecular complexity index is 1250. The third kappa shape index (κ3) is 6.27. The molecule has 0 fully saturated rings. The first kappa shape index (κ1) is 25.8. The average Bonchev–Trinajstić information content (AvgIpc) is 3.28. The van der Waals surface area contributed by atoms with Crippen molar-refractivity contribution in [3.63, 3.8) is 0 Å². The average molecular weight is 500 g/mol. The van der Waals surface area contributed by atoms with E-state index < -0.39 is 0 Å². The Labute approximate surface area is 218 Å². The summed E-state index contributed by atoms with van der Waals surface area (Å²) in [5, 5.41) is 4.25. The van der Waals surface area contributed by atoms with Gasteiger partial charge in [0.05, 0.1) is 18.2 Å². The van der Waals surface area contributed by atoms with Crippen LogP contribution in [-0.4, -0.2) is 23.5 Å². The quantitative estimate of drug-likeness (QED) is 0.155. The molecule has 1 atom stereocenters. The van der Waals surface area contributed by atoms with Crippen LogP contribution in [0.25, 0.3) is 22.5 Å². The van der Waals surface area contributed by atoms with Gasteiger partial charge in [-0.25, -0.2) is 0 Å². The molecule has 0 aliphatic rings. The lowest BCUT2D eigenvalue weighted by Crippen LogP contribution is -2.15. The number of benzene rings is 3. The molecule has 0 amide bonds. The fourth-order valence-corrected chi connectivity index (χ4v) is 5.37. The van der Waals surface area contributed by atoms with Gasteiger partial charge in [0.2, 0.25) is 0 Å². The molecule has 3 aromatic carbocycles. The highest BCUT2D eigenvalue weighted by molar-refractivity contribution is 7.98. The summed E-state index contributed by atoms with van der Waals surface area (Å²) in [4.78, 5) is 12.2. The van der Waals surface area contributed by atoms with Gasteiger partial charge in [0.15, 0.2) is 5.76 Å². The molecule has 0 N–H and O–H groups in total. The third-order valence-electron chi connectivity index (χ3n) is 6.38. The van der Waals surface area contributed by atoms with E-state index in [2.05, 4.69) is 71.9 Å². The first-order chi connectivity index (χ1) is 17.6. The van der Waals surface area contributed by atoms with Gasteiger partial charge in [-0.15, -0.1) is 0 Å². The number of hydrogen-bond acceptors (Lipinski definition) is 5. The van der Waals surface area contributed by atoms with Crippen molar-refractivity contribution in [1.82, 2.24) is 5.16 Å². The number of hydrogen-bond donors (Lipinski definition) is 0. The second-order valence-electron chi connectivity index (χ2n) is 8.78. The maximum absolute atomic E-state index is 12.2. The van der Waals surface area contributed by atoms with Gasteiger partial charge in [0, 0.05) is 16.9 Å². The molecule has 4 aromatic rings. The number of ether oxygens (including phenoxy) is 1. The first-order valence-electron chi connectivity index (χ1n) is 12.5. The molecule has 4 nitrogen and oxygen atoms in total. The molecule has 4 rings (SSSR count). The normalized spacial score (nSPS) is 11.9.